The molecule has 0 unspecified atom stereocenters. The summed E-state index contributed by atoms with van der Waals surface area (Å²) in [6.07, 6.45) is 0.431. The van der Waals surface area contributed by atoms with E-state index in [1.165, 1.54) is 0 Å². The van der Waals surface area contributed by atoms with E-state index in [4.69, 9.17) is 5.26 Å². The number of hydrogen-bond donors (Lipinski definition) is 0. The van der Waals surface area contributed by atoms with Gasteiger partial charge in [-0.2, -0.15) is 5.26 Å². The Morgan fingerprint density at radius 3 is 2.43 bits per heavy atom. The van der Waals surface area contributed by atoms with Gasteiger partial charge in [-0.05, 0) is 24.3 Å². The summed E-state index contributed by atoms with van der Waals surface area (Å²) in [6.45, 7) is 3.75. The van der Waals surface area contributed by atoms with Gasteiger partial charge >= 0.3 is 0 Å². The third-order valence-electron chi connectivity index (χ3n) is 2.18. The quantitative estimate of drug-likeness (QED) is 0.625. The molecule has 0 spiro atoms. The molecule has 1 aromatic rings. The van der Waals surface area contributed by atoms with E-state index in [9.17, 15) is 4.79 Å². The fourth-order valence-electron chi connectivity index (χ4n) is 1.43. The van der Waals surface area contributed by atoms with Crippen molar-refractivity contribution < 1.29 is 4.79 Å². The monoisotopic (exact) mass is 184 g/mol. The van der Waals surface area contributed by atoms with Gasteiger partial charge in [0.25, 0.3) is 0 Å². The summed E-state index contributed by atoms with van der Waals surface area (Å²) in [6, 6.07) is 8.90. The fraction of sp³-hybridized carbons (Fsp3) is 0.0909. The Morgan fingerprint density at radius 1 is 1.36 bits per heavy atom. The van der Waals surface area contributed by atoms with Gasteiger partial charge in [0.05, 0.1) is 18.1 Å². The minimum atomic E-state index is 0.0553. The van der Waals surface area contributed by atoms with Crippen LogP contribution in [0, 0.1) is 11.3 Å². The second-order valence-corrected chi connectivity index (χ2v) is 3.13. The Hall–Kier alpha value is -2.08. The van der Waals surface area contributed by atoms with Gasteiger partial charge in [0, 0.05) is 11.4 Å². The molecule has 0 bridgehead atoms. The van der Waals surface area contributed by atoms with Crippen molar-refractivity contribution in [2.75, 3.05) is 4.90 Å². The van der Waals surface area contributed by atoms with E-state index in [0.29, 0.717) is 12.0 Å². The molecule has 1 aromatic carbocycles. The molecular weight excluding hydrogens is 176 g/mol. The number of anilines is 1. The molecule has 1 saturated heterocycles. The van der Waals surface area contributed by atoms with Gasteiger partial charge < -0.3 is 0 Å². The largest absolute Gasteiger partial charge is 0.285 e. The highest BCUT2D eigenvalue weighted by Crippen LogP contribution is 2.29. The summed E-state index contributed by atoms with van der Waals surface area (Å²) < 4.78 is 0. The molecule has 1 amide bonds. The maximum Gasteiger partial charge on any atom is 0.237 e. The minimum Gasteiger partial charge on any atom is -0.285 e. The molecule has 0 saturated carbocycles. The zero-order valence-corrected chi connectivity index (χ0v) is 7.53. The van der Waals surface area contributed by atoms with Crippen LogP contribution in [0.4, 0.5) is 5.69 Å². The predicted molar refractivity (Wildman–Crippen MR) is 52.4 cm³/mol. The molecule has 0 aromatic heterocycles. The summed E-state index contributed by atoms with van der Waals surface area (Å²) in [5.74, 6) is 0.0553. The molecule has 0 aliphatic carbocycles. The third-order valence-corrected chi connectivity index (χ3v) is 2.18. The van der Waals surface area contributed by atoms with E-state index in [1.807, 2.05) is 6.07 Å². The normalized spacial score (nSPS) is 14.9. The van der Waals surface area contributed by atoms with Crippen molar-refractivity contribution in [3.63, 3.8) is 0 Å². The van der Waals surface area contributed by atoms with Crippen molar-refractivity contribution in [3.8, 4) is 6.07 Å². The van der Waals surface area contributed by atoms with Crippen LogP contribution in [0.2, 0.25) is 0 Å². The SMILES string of the molecule is C=C1CC(=O)N1c1ccc(C#N)cc1. The van der Waals surface area contributed by atoms with Gasteiger partial charge in [0.15, 0.2) is 0 Å². The molecule has 0 N–H and O–H groups in total. The Morgan fingerprint density at radius 2 is 2.00 bits per heavy atom. The lowest BCUT2D eigenvalue weighted by atomic mass is 10.1. The van der Waals surface area contributed by atoms with Crippen LogP contribution in [0.3, 0.4) is 0 Å². The molecule has 1 fully saturated rings. The molecule has 1 heterocycles. The third kappa shape index (κ3) is 1.17. The van der Waals surface area contributed by atoms with Gasteiger partial charge in [-0.3, -0.25) is 9.69 Å². The molecule has 3 nitrogen and oxygen atoms in total. The van der Waals surface area contributed by atoms with Gasteiger partial charge in [-0.1, -0.05) is 6.58 Å². The van der Waals surface area contributed by atoms with Gasteiger partial charge in [0.2, 0.25) is 5.91 Å². The van der Waals surface area contributed by atoms with E-state index < -0.39 is 0 Å². The maximum atomic E-state index is 11.2. The van der Waals surface area contributed by atoms with E-state index in [1.54, 1.807) is 29.2 Å². The maximum absolute atomic E-state index is 11.2. The number of nitriles is 1. The van der Waals surface area contributed by atoms with Crippen LogP contribution in [-0.4, -0.2) is 5.91 Å². The van der Waals surface area contributed by atoms with Crippen LogP contribution in [0.5, 0.6) is 0 Å². The molecule has 0 atom stereocenters. The van der Waals surface area contributed by atoms with Gasteiger partial charge in [0.1, 0.15) is 0 Å². The zero-order valence-electron chi connectivity index (χ0n) is 7.53. The van der Waals surface area contributed by atoms with Gasteiger partial charge in [-0.15, -0.1) is 0 Å². The fourth-order valence-corrected chi connectivity index (χ4v) is 1.43. The topological polar surface area (TPSA) is 44.1 Å². The lowest BCUT2D eigenvalue weighted by Crippen LogP contribution is -2.40. The first kappa shape index (κ1) is 8.52. The first-order valence-electron chi connectivity index (χ1n) is 4.23. The highest BCUT2D eigenvalue weighted by atomic mass is 16.2. The van der Waals surface area contributed by atoms with Crippen molar-refractivity contribution in [3.05, 3.63) is 42.1 Å². The Labute approximate surface area is 81.9 Å². The van der Waals surface area contributed by atoms with E-state index in [2.05, 4.69) is 6.58 Å². The first-order valence-corrected chi connectivity index (χ1v) is 4.23. The number of rotatable bonds is 1. The van der Waals surface area contributed by atoms with E-state index >= 15 is 0 Å². The average Bonchev–Trinajstić information content (AvgIpc) is 2.18. The molecule has 68 valence electrons. The van der Waals surface area contributed by atoms with Crippen molar-refractivity contribution in [2.45, 2.75) is 6.42 Å². The number of amides is 1. The number of carbonyl (C=O) groups excluding carboxylic acids is 1. The second kappa shape index (κ2) is 3.00. The summed E-state index contributed by atoms with van der Waals surface area (Å²) in [4.78, 5) is 12.8. The highest BCUT2D eigenvalue weighted by Gasteiger charge is 2.29. The Kier molecular flexibility index (Phi) is 1.83. The minimum absolute atomic E-state index is 0.0553. The van der Waals surface area contributed by atoms with Crippen molar-refractivity contribution in [2.24, 2.45) is 0 Å². The van der Waals surface area contributed by atoms with Crippen LogP contribution in [-0.2, 0) is 4.79 Å². The molecule has 3 heteroatoms. The molecule has 14 heavy (non-hydrogen) atoms. The van der Waals surface area contributed by atoms with Crippen LogP contribution in [0.1, 0.15) is 12.0 Å². The molecule has 1 aliphatic heterocycles. The lowest BCUT2D eigenvalue weighted by molar-refractivity contribution is -0.120. The average molecular weight is 184 g/mol. The summed E-state index contributed by atoms with van der Waals surface area (Å²) in [7, 11) is 0. The number of carbonyl (C=O) groups is 1. The summed E-state index contributed by atoms with van der Waals surface area (Å²) in [5.41, 5.74) is 2.18. The van der Waals surface area contributed by atoms with Crippen molar-refractivity contribution in [1.82, 2.24) is 0 Å². The number of benzene rings is 1. The smallest absolute Gasteiger partial charge is 0.237 e. The number of hydrogen-bond acceptors (Lipinski definition) is 2. The lowest BCUT2D eigenvalue weighted by Gasteiger charge is -2.33. The van der Waals surface area contributed by atoms with E-state index in [-0.39, 0.29) is 5.91 Å². The van der Waals surface area contributed by atoms with Crippen LogP contribution < -0.4 is 4.90 Å². The predicted octanol–water partition coefficient (Wildman–Crippen LogP) is 1.81. The van der Waals surface area contributed by atoms with E-state index in [0.717, 1.165) is 11.4 Å². The Balaban J connectivity index is 2.30. The molecule has 0 radical (unpaired) electrons. The first-order chi connectivity index (χ1) is 6.72. The molecule has 1 aliphatic rings. The molecule has 2 rings (SSSR count). The van der Waals surface area contributed by atoms with Crippen LogP contribution in [0.25, 0.3) is 0 Å². The van der Waals surface area contributed by atoms with Crippen LogP contribution >= 0.6 is 0 Å². The van der Waals surface area contributed by atoms with Crippen LogP contribution in [0.15, 0.2) is 36.5 Å². The standard InChI is InChI=1S/C11H8N2O/c1-8-6-11(14)13(8)10-4-2-9(7-12)3-5-10/h2-5H,1,6H2. The summed E-state index contributed by atoms with van der Waals surface area (Å²) in [5, 5.41) is 8.59. The number of nitrogens with zero attached hydrogens (tertiary/aromatic N) is 2. The Bertz CT molecular complexity index is 425. The summed E-state index contributed by atoms with van der Waals surface area (Å²) >= 11 is 0. The number of β-lactam (4-membered cyclic amide) rings is 1. The highest BCUT2D eigenvalue weighted by molar-refractivity contribution is 6.05. The second-order valence-electron chi connectivity index (χ2n) is 3.13. The molecular formula is C11H8N2O. The van der Waals surface area contributed by atoms with Crippen molar-refractivity contribution in [1.29, 1.82) is 5.26 Å². The van der Waals surface area contributed by atoms with Gasteiger partial charge in [-0.25, -0.2) is 0 Å². The zero-order chi connectivity index (χ0) is 10.1. The van der Waals surface area contributed by atoms with Crippen molar-refractivity contribution >= 4 is 11.6 Å².